The lowest BCUT2D eigenvalue weighted by Gasteiger charge is -2.27. The second-order valence-electron chi connectivity index (χ2n) is 4.95. The first-order valence-electron chi connectivity index (χ1n) is 6.64. The van der Waals surface area contributed by atoms with Gasteiger partial charge in [0.15, 0.2) is 0 Å². The molecule has 0 bridgehead atoms. The molecule has 0 saturated heterocycles. The van der Waals surface area contributed by atoms with Gasteiger partial charge >= 0.3 is 0 Å². The zero-order valence-corrected chi connectivity index (χ0v) is 13.7. The fraction of sp³-hybridized carbons (Fsp3) is 0.538. The summed E-state index contributed by atoms with van der Waals surface area (Å²) in [5, 5.41) is 0. The maximum absolute atomic E-state index is 13.4. The lowest BCUT2D eigenvalue weighted by Crippen LogP contribution is -2.38. The Morgan fingerprint density at radius 2 is 2.00 bits per heavy atom. The first-order valence-corrected chi connectivity index (χ1v) is 8.87. The number of hydrogen-bond acceptors (Lipinski definition) is 3. The summed E-state index contributed by atoms with van der Waals surface area (Å²) >= 11 is 3.01. The number of anilines is 1. The van der Waals surface area contributed by atoms with Crippen molar-refractivity contribution in [3.05, 3.63) is 22.4 Å². The van der Waals surface area contributed by atoms with Crippen molar-refractivity contribution in [2.45, 2.75) is 43.5 Å². The molecule has 7 heteroatoms. The minimum absolute atomic E-state index is 0.0215. The molecule has 0 aromatic heterocycles. The van der Waals surface area contributed by atoms with E-state index < -0.39 is 15.8 Å². The Morgan fingerprint density at radius 1 is 1.40 bits per heavy atom. The van der Waals surface area contributed by atoms with Gasteiger partial charge in [-0.3, -0.25) is 0 Å². The van der Waals surface area contributed by atoms with Crippen LogP contribution in [0, 0.1) is 5.82 Å². The fourth-order valence-electron chi connectivity index (χ4n) is 2.71. The van der Waals surface area contributed by atoms with E-state index in [-0.39, 0.29) is 21.1 Å². The highest BCUT2D eigenvalue weighted by molar-refractivity contribution is 9.10. The van der Waals surface area contributed by atoms with E-state index >= 15 is 0 Å². The van der Waals surface area contributed by atoms with Crippen molar-refractivity contribution in [3.63, 3.8) is 0 Å². The van der Waals surface area contributed by atoms with Crippen LogP contribution in [0.3, 0.4) is 0 Å². The predicted octanol–water partition coefficient (Wildman–Crippen LogP) is 3.12. The lowest BCUT2D eigenvalue weighted by atomic mass is 10.2. The molecule has 1 aliphatic carbocycles. The molecule has 0 heterocycles. The Balaban J connectivity index is 2.45. The van der Waals surface area contributed by atoms with Crippen LogP contribution in [-0.2, 0) is 10.0 Å². The highest BCUT2D eigenvalue weighted by Gasteiger charge is 2.33. The minimum atomic E-state index is -3.69. The molecule has 4 nitrogen and oxygen atoms in total. The van der Waals surface area contributed by atoms with Crippen LogP contribution in [-0.4, -0.2) is 25.3 Å². The summed E-state index contributed by atoms with van der Waals surface area (Å²) in [6.07, 6.45) is 3.82. The first-order chi connectivity index (χ1) is 9.37. The summed E-state index contributed by atoms with van der Waals surface area (Å²) < 4.78 is 40.5. The monoisotopic (exact) mass is 364 g/mol. The Bertz CT molecular complexity index is 601. The normalized spacial score (nSPS) is 17.0. The molecule has 0 spiro atoms. The van der Waals surface area contributed by atoms with Crippen LogP contribution in [0.2, 0.25) is 0 Å². The fourth-order valence-corrected chi connectivity index (χ4v) is 5.02. The number of hydrogen-bond donors (Lipinski definition) is 1. The van der Waals surface area contributed by atoms with Gasteiger partial charge in [0.2, 0.25) is 10.0 Å². The molecule has 1 aromatic carbocycles. The van der Waals surface area contributed by atoms with Crippen molar-refractivity contribution in [2.75, 3.05) is 12.3 Å². The van der Waals surface area contributed by atoms with E-state index in [2.05, 4.69) is 15.9 Å². The molecule has 1 aromatic rings. The lowest BCUT2D eigenvalue weighted by molar-refractivity contribution is 0.335. The van der Waals surface area contributed by atoms with Gasteiger partial charge in [-0.05, 0) is 40.9 Å². The van der Waals surface area contributed by atoms with Crippen LogP contribution in [0.1, 0.15) is 32.6 Å². The molecule has 0 amide bonds. The van der Waals surface area contributed by atoms with Crippen LogP contribution in [0.5, 0.6) is 0 Å². The van der Waals surface area contributed by atoms with Crippen LogP contribution < -0.4 is 5.73 Å². The van der Waals surface area contributed by atoms with E-state index in [0.29, 0.717) is 6.54 Å². The molecule has 2 N–H and O–H groups in total. The van der Waals surface area contributed by atoms with Crippen molar-refractivity contribution in [1.29, 1.82) is 0 Å². The van der Waals surface area contributed by atoms with Crippen LogP contribution in [0.15, 0.2) is 21.5 Å². The molecule has 0 atom stereocenters. The van der Waals surface area contributed by atoms with Gasteiger partial charge in [0, 0.05) is 12.6 Å². The van der Waals surface area contributed by atoms with E-state index in [1.807, 2.05) is 6.92 Å². The van der Waals surface area contributed by atoms with Crippen molar-refractivity contribution in [3.8, 4) is 0 Å². The summed E-state index contributed by atoms with van der Waals surface area (Å²) in [5.74, 6) is -0.564. The number of benzene rings is 1. The summed E-state index contributed by atoms with van der Waals surface area (Å²) in [7, 11) is -3.69. The van der Waals surface area contributed by atoms with Crippen molar-refractivity contribution < 1.29 is 12.8 Å². The second kappa shape index (κ2) is 5.99. The molecule has 0 aliphatic heterocycles. The van der Waals surface area contributed by atoms with Crippen molar-refractivity contribution in [1.82, 2.24) is 4.31 Å². The average molecular weight is 365 g/mol. The van der Waals surface area contributed by atoms with Gasteiger partial charge in [0.1, 0.15) is 10.7 Å². The molecular weight excluding hydrogens is 347 g/mol. The van der Waals surface area contributed by atoms with Crippen molar-refractivity contribution >= 4 is 31.6 Å². The van der Waals surface area contributed by atoms with Gasteiger partial charge in [-0.2, -0.15) is 4.31 Å². The zero-order chi connectivity index (χ0) is 14.9. The largest absolute Gasteiger partial charge is 0.398 e. The maximum Gasteiger partial charge on any atom is 0.245 e. The van der Waals surface area contributed by atoms with E-state index in [4.69, 9.17) is 5.73 Å². The Kier molecular flexibility index (Phi) is 4.71. The highest BCUT2D eigenvalue weighted by Crippen LogP contribution is 2.32. The second-order valence-corrected chi connectivity index (χ2v) is 7.66. The van der Waals surface area contributed by atoms with Crippen molar-refractivity contribution in [2.24, 2.45) is 0 Å². The minimum Gasteiger partial charge on any atom is -0.398 e. The molecule has 1 saturated carbocycles. The highest BCUT2D eigenvalue weighted by atomic mass is 79.9. The smallest absolute Gasteiger partial charge is 0.245 e. The molecule has 112 valence electrons. The third-order valence-corrected chi connectivity index (χ3v) is 6.37. The van der Waals surface area contributed by atoms with Crippen LogP contribution in [0.25, 0.3) is 0 Å². The molecule has 2 rings (SSSR count). The third kappa shape index (κ3) is 2.84. The van der Waals surface area contributed by atoms with Gasteiger partial charge in [-0.1, -0.05) is 19.8 Å². The number of nitrogens with two attached hydrogens (primary N) is 1. The van der Waals surface area contributed by atoms with Gasteiger partial charge in [-0.25, -0.2) is 12.8 Å². The topological polar surface area (TPSA) is 63.4 Å². The number of nitrogen functional groups attached to an aromatic ring is 1. The summed E-state index contributed by atoms with van der Waals surface area (Å²) in [5.41, 5.74) is 5.65. The van der Waals surface area contributed by atoms with Gasteiger partial charge < -0.3 is 5.73 Å². The Morgan fingerprint density at radius 3 is 2.55 bits per heavy atom. The van der Waals surface area contributed by atoms with Gasteiger partial charge in [0.05, 0.1) is 10.2 Å². The third-order valence-electron chi connectivity index (χ3n) is 3.68. The molecular formula is C13H18BrFN2O2S. The van der Waals surface area contributed by atoms with E-state index in [1.165, 1.54) is 10.4 Å². The van der Waals surface area contributed by atoms with E-state index in [9.17, 15) is 12.8 Å². The number of sulfonamides is 1. The molecule has 20 heavy (non-hydrogen) atoms. The summed E-state index contributed by atoms with van der Waals surface area (Å²) in [6.45, 7) is 2.20. The van der Waals surface area contributed by atoms with Crippen LogP contribution in [0.4, 0.5) is 10.1 Å². The SMILES string of the molecule is CCN(C1CCCC1)S(=O)(=O)c1cc(Br)c(F)cc1N. The molecule has 0 radical (unpaired) electrons. The summed E-state index contributed by atoms with van der Waals surface area (Å²) in [4.78, 5) is -0.0282. The Hall–Kier alpha value is -0.660. The maximum atomic E-state index is 13.4. The summed E-state index contributed by atoms with van der Waals surface area (Å²) in [6, 6.07) is 2.31. The standard InChI is InChI=1S/C13H18BrFN2O2S/c1-2-17(9-5-3-4-6-9)20(18,19)13-7-10(14)11(15)8-12(13)16/h7-9H,2-6,16H2,1H3. The number of halogens is 2. The molecule has 1 aliphatic rings. The van der Waals surface area contributed by atoms with Gasteiger partial charge in [-0.15, -0.1) is 0 Å². The average Bonchev–Trinajstić information content (AvgIpc) is 2.87. The first kappa shape index (κ1) is 15.7. The zero-order valence-electron chi connectivity index (χ0n) is 11.3. The Labute approximate surface area is 127 Å². The van der Waals surface area contributed by atoms with E-state index in [0.717, 1.165) is 31.7 Å². The van der Waals surface area contributed by atoms with Crippen LogP contribution >= 0.6 is 15.9 Å². The quantitative estimate of drug-likeness (QED) is 0.834. The molecule has 0 unspecified atom stereocenters. The van der Waals surface area contributed by atoms with Gasteiger partial charge in [0.25, 0.3) is 0 Å². The number of nitrogens with zero attached hydrogens (tertiary/aromatic N) is 1. The predicted molar refractivity (Wildman–Crippen MR) is 80.3 cm³/mol. The van der Waals surface area contributed by atoms with E-state index in [1.54, 1.807) is 0 Å². The number of rotatable bonds is 4. The molecule has 1 fully saturated rings.